The predicted octanol–water partition coefficient (Wildman–Crippen LogP) is 3.98. The van der Waals surface area contributed by atoms with Crippen molar-refractivity contribution in [3.05, 3.63) is 11.6 Å². The Kier molecular flexibility index (Phi) is 3.75. The first-order chi connectivity index (χ1) is 6.86. The lowest BCUT2D eigenvalue weighted by molar-refractivity contribution is -0.121. The lowest BCUT2D eigenvalue weighted by atomic mass is 9.67. The fourth-order valence-electron chi connectivity index (χ4n) is 2.60. The summed E-state index contributed by atoms with van der Waals surface area (Å²) in [5, 5.41) is 0. The highest BCUT2D eigenvalue weighted by Gasteiger charge is 2.33. The molecule has 0 radical (unpaired) electrons. The zero-order valence-corrected chi connectivity index (χ0v) is 10.8. The fourth-order valence-corrected chi connectivity index (χ4v) is 2.60. The molecule has 0 amide bonds. The first-order valence-corrected chi connectivity index (χ1v) is 6.05. The highest BCUT2D eigenvalue weighted by atomic mass is 16.1. The Labute approximate surface area is 93.9 Å². The second-order valence-corrected chi connectivity index (χ2v) is 5.83. The molecule has 1 heteroatoms. The minimum Gasteiger partial charge on any atom is -0.300 e. The van der Waals surface area contributed by atoms with Crippen LogP contribution in [-0.2, 0) is 4.79 Å². The molecular formula is C14H24O. The van der Waals surface area contributed by atoms with E-state index in [0.29, 0.717) is 11.7 Å². The van der Waals surface area contributed by atoms with Gasteiger partial charge in [-0.25, -0.2) is 0 Å². The Hall–Kier alpha value is -0.590. The Morgan fingerprint density at radius 1 is 1.47 bits per heavy atom. The van der Waals surface area contributed by atoms with Crippen LogP contribution < -0.4 is 0 Å². The topological polar surface area (TPSA) is 17.1 Å². The largest absolute Gasteiger partial charge is 0.300 e. The van der Waals surface area contributed by atoms with Crippen LogP contribution in [-0.4, -0.2) is 5.78 Å². The van der Waals surface area contributed by atoms with Crippen molar-refractivity contribution in [1.82, 2.24) is 0 Å². The summed E-state index contributed by atoms with van der Waals surface area (Å²) in [6.45, 7) is 10.8. The average molecular weight is 208 g/mol. The van der Waals surface area contributed by atoms with E-state index >= 15 is 0 Å². The van der Waals surface area contributed by atoms with Crippen LogP contribution in [0.25, 0.3) is 0 Å². The second kappa shape index (κ2) is 4.51. The molecule has 0 aliphatic heterocycles. The molecule has 0 saturated heterocycles. The third-order valence-corrected chi connectivity index (χ3v) is 3.66. The second-order valence-electron chi connectivity index (χ2n) is 5.83. The van der Waals surface area contributed by atoms with Gasteiger partial charge in [0, 0.05) is 5.92 Å². The van der Waals surface area contributed by atoms with E-state index in [9.17, 15) is 4.79 Å². The highest BCUT2D eigenvalue weighted by molar-refractivity contribution is 5.78. The lowest BCUT2D eigenvalue weighted by Gasteiger charge is -2.37. The molecule has 0 bridgehead atoms. The summed E-state index contributed by atoms with van der Waals surface area (Å²) in [5.41, 5.74) is 1.84. The number of allylic oxidation sites excluding steroid dienone is 2. The standard InChI is InChI=1S/C14H24O/c1-6-11-7-8-12(10(2)15)9-13(11)14(3,4)5/h7,12-13H,6,8-9H2,1-5H3. The van der Waals surface area contributed by atoms with Crippen LogP contribution in [0.1, 0.15) is 53.9 Å². The summed E-state index contributed by atoms with van der Waals surface area (Å²) < 4.78 is 0. The van der Waals surface area contributed by atoms with Crippen molar-refractivity contribution in [2.24, 2.45) is 17.3 Å². The van der Waals surface area contributed by atoms with Crippen molar-refractivity contribution >= 4 is 5.78 Å². The monoisotopic (exact) mass is 208 g/mol. The Morgan fingerprint density at radius 3 is 2.47 bits per heavy atom. The van der Waals surface area contributed by atoms with E-state index in [1.54, 1.807) is 12.5 Å². The quantitative estimate of drug-likeness (QED) is 0.627. The van der Waals surface area contributed by atoms with Crippen LogP contribution in [0.15, 0.2) is 11.6 Å². The zero-order valence-electron chi connectivity index (χ0n) is 10.8. The smallest absolute Gasteiger partial charge is 0.133 e. The molecular weight excluding hydrogens is 184 g/mol. The van der Waals surface area contributed by atoms with Crippen molar-refractivity contribution in [2.45, 2.75) is 53.9 Å². The zero-order chi connectivity index (χ0) is 11.6. The maximum absolute atomic E-state index is 11.4. The van der Waals surface area contributed by atoms with E-state index in [1.165, 1.54) is 0 Å². The summed E-state index contributed by atoms with van der Waals surface area (Å²) in [7, 11) is 0. The molecule has 15 heavy (non-hydrogen) atoms. The molecule has 0 N–H and O–H groups in total. The van der Waals surface area contributed by atoms with E-state index in [0.717, 1.165) is 19.3 Å². The molecule has 86 valence electrons. The maximum Gasteiger partial charge on any atom is 0.133 e. The Bertz CT molecular complexity index is 268. The molecule has 2 atom stereocenters. The van der Waals surface area contributed by atoms with Crippen molar-refractivity contribution in [1.29, 1.82) is 0 Å². The minimum atomic E-state index is 0.268. The number of Topliss-reactive ketones (excluding diaryl/α,β-unsaturated/α-hetero) is 1. The molecule has 0 aromatic heterocycles. The van der Waals surface area contributed by atoms with Crippen molar-refractivity contribution < 1.29 is 4.79 Å². The van der Waals surface area contributed by atoms with Gasteiger partial charge in [-0.15, -0.1) is 0 Å². The number of hydrogen-bond donors (Lipinski definition) is 0. The number of ketones is 1. The Balaban J connectivity index is 2.88. The molecule has 1 aliphatic carbocycles. The van der Waals surface area contributed by atoms with Gasteiger partial charge in [0.15, 0.2) is 0 Å². The summed E-state index contributed by atoms with van der Waals surface area (Å²) in [4.78, 5) is 11.4. The first-order valence-electron chi connectivity index (χ1n) is 6.05. The van der Waals surface area contributed by atoms with Gasteiger partial charge in [-0.05, 0) is 37.5 Å². The van der Waals surface area contributed by atoms with Gasteiger partial charge in [0.1, 0.15) is 5.78 Å². The van der Waals surface area contributed by atoms with E-state index < -0.39 is 0 Å². The average Bonchev–Trinajstić information content (AvgIpc) is 2.15. The molecule has 0 aromatic carbocycles. The fraction of sp³-hybridized carbons (Fsp3) is 0.786. The van der Waals surface area contributed by atoms with Gasteiger partial charge in [-0.1, -0.05) is 39.3 Å². The third kappa shape index (κ3) is 2.93. The van der Waals surface area contributed by atoms with Gasteiger partial charge in [-0.3, -0.25) is 4.79 Å². The molecule has 1 nitrogen and oxygen atoms in total. The van der Waals surface area contributed by atoms with Gasteiger partial charge in [-0.2, -0.15) is 0 Å². The third-order valence-electron chi connectivity index (χ3n) is 3.66. The molecule has 0 spiro atoms. The molecule has 0 heterocycles. The summed E-state index contributed by atoms with van der Waals surface area (Å²) in [6, 6.07) is 0. The summed E-state index contributed by atoms with van der Waals surface area (Å²) in [5.74, 6) is 1.21. The molecule has 0 fully saturated rings. The molecule has 0 saturated carbocycles. The summed E-state index contributed by atoms with van der Waals surface area (Å²) in [6.07, 6.45) is 5.46. The molecule has 0 aromatic rings. The summed E-state index contributed by atoms with van der Waals surface area (Å²) >= 11 is 0. The van der Waals surface area contributed by atoms with Crippen LogP contribution in [0.2, 0.25) is 0 Å². The maximum atomic E-state index is 11.4. The highest BCUT2D eigenvalue weighted by Crippen LogP contribution is 2.42. The normalized spacial score (nSPS) is 27.4. The van der Waals surface area contributed by atoms with E-state index in [1.807, 2.05) is 0 Å². The van der Waals surface area contributed by atoms with Crippen LogP contribution in [0, 0.1) is 17.3 Å². The predicted molar refractivity (Wildman–Crippen MR) is 64.7 cm³/mol. The van der Waals surface area contributed by atoms with E-state index in [4.69, 9.17) is 0 Å². The van der Waals surface area contributed by atoms with Crippen molar-refractivity contribution in [3.63, 3.8) is 0 Å². The van der Waals surface area contributed by atoms with Gasteiger partial charge in [0.25, 0.3) is 0 Å². The molecule has 2 unspecified atom stereocenters. The number of rotatable bonds is 2. The van der Waals surface area contributed by atoms with Gasteiger partial charge >= 0.3 is 0 Å². The number of hydrogen-bond acceptors (Lipinski definition) is 1. The van der Waals surface area contributed by atoms with Crippen LogP contribution >= 0.6 is 0 Å². The van der Waals surface area contributed by atoms with Crippen molar-refractivity contribution in [2.75, 3.05) is 0 Å². The number of carbonyl (C=O) groups excluding carboxylic acids is 1. The molecule has 1 aliphatic rings. The van der Waals surface area contributed by atoms with Crippen LogP contribution in [0.4, 0.5) is 0 Å². The first kappa shape index (κ1) is 12.5. The van der Waals surface area contributed by atoms with E-state index in [2.05, 4.69) is 33.8 Å². The van der Waals surface area contributed by atoms with Gasteiger partial charge < -0.3 is 0 Å². The van der Waals surface area contributed by atoms with Crippen LogP contribution in [0.5, 0.6) is 0 Å². The number of carbonyl (C=O) groups is 1. The minimum absolute atomic E-state index is 0.268. The SMILES string of the molecule is CCC1=CCC(C(C)=O)CC1C(C)(C)C. The van der Waals surface area contributed by atoms with E-state index in [-0.39, 0.29) is 11.3 Å². The Morgan fingerprint density at radius 2 is 2.07 bits per heavy atom. The van der Waals surface area contributed by atoms with Crippen LogP contribution in [0.3, 0.4) is 0 Å². The van der Waals surface area contributed by atoms with Gasteiger partial charge in [0.05, 0.1) is 0 Å². The molecule has 1 rings (SSSR count). The lowest BCUT2D eigenvalue weighted by Crippen LogP contribution is -2.30. The van der Waals surface area contributed by atoms with Crippen molar-refractivity contribution in [3.8, 4) is 0 Å². The van der Waals surface area contributed by atoms with Gasteiger partial charge in [0.2, 0.25) is 0 Å².